The van der Waals surface area contributed by atoms with Crippen LogP contribution in [0.2, 0.25) is 0 Å². The van der Waals surface area contributed by atoms with E-state index in [2.05, 4.69) is 70.4 Å². The van der Waals surface area contributed by atoms with Gasteiger partial charge in [-0.2, -0.15) is 0 Å². The van der Waals surface area contributed by atoms with Gasteiger partial charge in [0.25, 0.3) is 0 Å². The minimum Gasteiger partial charge on any atom is -0.0991 e. The first-order chi connectivity index (χ1) is 9.98. The van der Waals surface area contributed by atoms with Crippen molar-refractivity contribution in [1.29, 1.82) is 0 Å². The Bertz CT molecular complexity index is 680. The zero-order chi connectivity index (χ0) is 15.6. The van der Waals surface area contributed by atoms with E-state index in [0.29, 0.717) is 0 Å². The molecule has 0 aromatic heterocycles. The standard InChI is InChI=1S/C21H24/c1-7-9-14-19-17(5)18-13-10-12-15(3)20(18)21(19,6)16(4)11-8-2/h7-14H,1,4H2,2-3,5-6H3/b11-8-,14-9-. The predicted octanol–water partition coefficient (Wildman–Crippen LogP) is 5.91. The summed E-state index contributed by atoms with van der Waals surface area (Å²) in [4.78, 5) is 0. The molecule has 0 heterocycles. The molecule has 0 fully saturated rings. The fourth-order valence-corrected chi connectivity index (χ4v) is 3.46. The molecule has 2 rings (SSSR count). The smallest absolute Gasteiger partial charge is 0.0428 e. The lowest BCUT2D eigenvalue weighted by Gasteiger charge is -2.31. The van der Waals surface area contributed by atoms with Crippen LogP contribution in [0.1, 0.15) is 37.5 Å². The van der Waals surface area contributed by atoms with Gasteiger partial charge in [0, 0.05) is 5.41 Å². The summed E-state index contributed by atoms with van der Waals surface area (Å²) in [6.07, 6.45) is 10.2. The van der Waals surface area contributed by atoms with Gasteiger partial charge in [0.1, 0.15) is 0 Å². The largest absolute Gasteiger partial charge is 0.0991 e. The SMILES string of the molecule is C=C/C=C\C1=C(C)c2cccc(C)c2C1(C)C(=C)/C=C\C. The molecule has 0 saturated carbocycles. The maximum absolute atomic E-state index is 4.35. The van der Waals surface area contributed by atoms with Crippen molar-refractivity contribution in [3.63, 3.8) is 0 Å². The quantitative estimate of drug-likeness (QED) is 0.599. The lowest BCUT2D eigenvalue weighted by atomic mass is 9.71. The van der Waals surface area contributed by atoms with Crippen LogP contribution in [-0.2, 0) is 5.41 Å². The molecule has 108 valence electrons. The first-order valence-corrected chi connectivity index (χ1v) is 7.41. The van der Waals surface area contributed by atoms with Crippen LogP contribution in [0.15, 0.2) is 72.9 Å². The molecule has 0 saturated heterocycles. The molecule has 0 spiro atoms. The lowest BCUT2D eigenvalue weighted by molar-refractivity contribution is 0.702. The third-order valence-electron chi connectivity index (χ3n) is 4.53. The summed E-state index contributed by atoms with van der Waals surface area (Å²) in [5.74, 6) is 0. The minimum atomic E-state index is -0.170. The van der Waals surface area contributed by atoms with Gasteiger partial charge in [-0.25, -0.2) is 0 Å². The number of rotatable bonds is 4. The van der Waals surface area contributed by atoms with E-state index in [4.69, 9.17) is 0 Å². The molecule has 1 atom stereocenters. The Balaban J connectivity index is 2.78. The van der Waals surface area contributed by atoms with E-state index in [-0.39, 0.29) is 5.41 Å². The minimum absolute atomic E-state index is 0.170. The predicted molar refractivity (Wildman–Crippen MR) is 94.4 cm³/mol. The molecular weight excluding hydrogens is 252 g/mol. The third kappa shape index (κ3) is 2.25. The molecular formula is C21H24. The highest BCUT2D eigenvalue weighted by molar-refractivity contribution is 5.84. The number of fused-ring (bicyclic) bond motifs is 1. The van der Waals surface area contributed by atoms with E-state index >= 15 is 0 Å². The van der Waals surface area contributed by atoms with Crippen molar-refractivity contribution in [1.82, 2.24) is 0 Å². The summed E-state index contributed by atoms with van der Waals surface area (Å²) in [5, 5.41) is 0. The van der Waals surface area contributed by atoms with Crippen molar-refractivity contribution < 1.29 is 0 Å². The van der Waals surface area contributed by atoms with E-state index in [0.717, 1.165) is 5.57 Å². The van der Waals surface area contributed by atoms with Crippen LogP contribution in [0.25, 0.3) is 5.57 Å². The Labute approximate surface area is 128 Å². The molecule has 0 heteroatoms. The monoisotopic (exact) mass is 276 g/mol. The highest BCUT2D eigenvalue weighted by atomic mass is 14.4. The zero-order valence-electron chi connectivity index (χ0n) is 13.5. The molecule has 1 aromatic rings. The van der Waals surface area contributed by atoms with Gasteiger partial charge in [-0.05, 0) is 61.1 Å². The summed E-state index contributed by atoms with van der Waals surface area (Å²) in [7, 11) is 0. The van der Waals surface area contributed by atoms with Crippen molar-refractivity contribution in [2.45, 2.75) is 33.1 Å². The van der Waals surface area contributed by atoms with Gasteiger partial charge in [-0.15, -0.1) is 0 Å². The van der Waals surface area contributed by atoms with Gasteiger partial charge in [0.05, 0.1) is 0 Å². The second kappa shape index (κ2) is 5.73. The number of allylic oxidation sites excluding steroid dienone is 8. The Morgan fingerprint density at radius 2 is 1.95 bits per heavy atom. The van der Waals surface area contributed by atoms with Crippen LogP contribution < -0.4 is 0 Å². The van der Waals surface area contributed by atoms with Gasteiger partial charge in [0.15, 0.2) is 0 Å². The molecule has 1 aliphatic carbocycles. The number of aryl methyl sites for hydroxylation is 1. The highest BCUT2D eigenvalue weighted by Gasteiger charge is 2.41. The molecule has 0 N–H and O–H groups in total. The first kappa shape index (κ1) is 15.3. The van der Waals surface area contributed by atoms with Crippen LogP contribution in [0.4, 0.5) is 0 Å². The van der Waals surface area contributed by atoms with Crippen LogP contribution in [-0.4, -0.2) is 0 Å². The molecule has 1 unspecified atom stereocenters. The van der Waals surface area contributed by atoms with Crippen molar-refractivity contribution in [3.8, 4) is 0 Å². The Hall–Kier alpha value is -2.08. The molecule has 21 heavy (non-hydrogen) atoms. The summed E-state index contributed by atoms with van der Waals surface area (Å²) in [5.41, 5.74) is 7.65. The summed E-state index contributed by atoms with van der Waals surface area (Å²) in [6, 6.07) is 6.54. The molecule has 1 aliphatic rings. The normalized spacial score (nSPS) is 21.3. The lowest BCUT2D eigenvalue weighted by Crippen LogP contribution is -2.24. The first-order valence-electron chi connectivity index (χ1n) is 7.41. The summed E-state index contributed by atoms with van der Waals surface area (Å²) in [6.45, 7) is 16.9. The van der Waals surface area contributed by atoms with E-state index in [1.54, 1.807) is 0 Å². The topological polar surface area (TPSA) is 0 Å². The Morgan fingerprint density at radius 1 is 1.24 bits per heavy atom. The Kier molecular flexibility index (Phi) is 4.18. The number of hydrogen-bond acceptors (Lipinski definition) is 0. The molecule has 0 bridgehead atoms. The van der Waals surface area contributed by atoms with Crippen LogP contribution in [0, 0.1) is 6.92 Å². The maximum atomic E-state index is 4.35. The van der Waals surface area contributed by atoms with Gasteiger partial charge in [-0.1, -0.05) is 61.7 Å². The molecule has 0 radical (unpaired) electrons. The van der Waals surface area contributed by atoms with Gasteiger partial charge in [0.2, 0.25) is 0 Å². The number of benzene rings is 1. The van der Waals surface area contributed by atoms with Crippen molar-refractivity contribution >= 4 is 5.57 Å². The average Bonchev–Trinajstić information content (AvgIpc) is 2.68. The van der Waals surface area contributed by atoms with Gasteiger partial charge < -0.3 is 0 Å². The molecule has 0 amide bonds. The van der Waals surface area contributed by atoms with Crippen molar-refractivity contribution in [3.05, 3.63) is 89.6 Å². The van der Waals surface area contributed by atoms with E-state index in [1.165, 1.54) is 27.8 Å². The fourth-order valence-electron chi connectivity index (χ4n) is 3.46. The Morgan fingerprint density at radius 3 is 2.57 bits per heavy atom. The second-order valence-corrected chi connectivity index (χ2v) is 5.78. The molecule has 0 nitrogen and oxygen atoms in total. The average molecular weight is 276 g/mol. The second-order valence-electron chi connectivity index (χ2n) is 5.78. The fraction of sp³-hybridized carbons (Fsp3) is 0.238. The molecule has 1 aromatic carbocycles. The molecule has 0 aliphatic heterocycles. The van der Waals surface area contributed by atoms with E-state index in [1.807, 2.05) is 19.1 Å². The number of hydrogen-bond donors (Lipinski definition) is 0. The van der Waals surface area contributed by atoms with Crippen molar-refractivity contribution in [2.75, 3.05) is 0 Å². The van der Waals surface area contributed by atoms with Crippen molar-refractivity contribution in [2.24, 2.45) is 0 Å². The maximum Gasteiger partial charge on any atom is 0.0428 e. The van der Waals surface area contributed by atoms with Gasteiger partial charge in [-0.3, -0.25) is 0 Å². The van der Waals surface area contributed by atoms with Crippen LogP contribution >= 0.6 is 0 Å². The zero-order valence-corrected chi connectivity index (χ0v) is 13.5. The highest BCUT2D eigenvalue weighted by Crippen LogP contribution is 2.51. The summed E-state index contributed by atoms with van der Waals surface area (Å²) < 4.78 is 0. The third-order valence-corrected chi connectivity index (χ3v) is 4.53. The van der Waals surface area contributed by atoms with Crippen LogP contribution in [0.5, 0.6) is 0 Å². The van der Waals surface area contributed by atoms with E-state index < -0.39 is 0 Å². The van der Waals surface area contributed by atoms with Gasteiger partial charge >= 0.3 is 0 Å². The van der Waals surface area contributed by atoms with E-state index in [9.17, 15) is 0 Å². The van der Waals surface area contributed by atoms with Crippen LogP contribution in [0.3, 0.4) is 0 Å². The summed E-state index contributed by atoms with van der Waals surface area (Å²) >= 11 is 0.